The first-order chi connectivity index (χ1) is 11.8. The van der Waals surface area contributed by atoms with E-state index in [4.69, 9.17) is 17.3 Å². The highest BCUT2D eigenvalue weighted by Crippen LogP contribution is 2.34. The molecule has 1 aliphatic rings. The number of allylic oxidation sites excluding steroid dienone is 2. The van der Waals surface area contributed by atoms with Gasteiger partial charge in [0.1, 0.15) is 10.4 Å². The van der Waals surface area contributed by atoms with Crippen LogP contribution >= 0.6 is 24.0 Å². The molecule has 1 aromatic rings. The summed E-state index contributed by atoms with van der Waals surface area (Å²) in [5.41, 5.74) is 1.75. The first-order valence-electron chi connectivity index (χ1n) is 7.24. The molecule has 25 heavy (non-hydrogen) atoms. The van der Waals surface area contributed by atoms with E-state index in [1.165, 1.54) is 0 Å². The average Bonchev–Trinajstić information content (AvgIpc) is 2.79. The van der Waals surface area contributed by atoms with Crippen molar-refractivity contribution >= 4 is 52.2 Å². The van der Waals surface area contributed by atoms with Crippen LogP contribution < -0.4 is 0 Å². The number of aliphatic carboxylic acids is 2. The van der Waals surface area contributed by atoms with Crippen molar-refractivity contribution in [3.63, 3.8) is 0 Å². The summed E-state index contributed by atoms with van der Waals surface area (Å²) in [5, 5.41) is 18.1. The van der Waals surface area contributed by atoms with E-state index in [2.05, 4.69) is 0 Å². The number of benzene rings is 1. The summed E-state index contributed by atoms with van der Waals surface area (Å²) in [5.74, 6) is -3.31. The smallest absolute Gasteiger partial charge is 0.327 e. The van der Waals surface area contributed by atoms with Gasteiger partial charge in [0.05, 0.1) is 11.3 Å². The molecule has 0 spiro atoms. The zero-order chi connectivity index (χ0) is 18.6. The minimum absolute atomic E-state index is 0.0393. The molecular formula is C17H15NO5S2. The average molecular weight is 377 g/mol. The summed E-state index contributed by atoms with van der Waals surface area (Å²) in [4.78, 5) is 35.8. The van der Waals surface area contributed by atoms with E-state index in [0.29, 0.717) is 0 Å². The van der Waals surface area contributed by atoms with E-state index in [0.717, 1.165) is 27.8 Å². The predicted octanol–water partition coefficient (Wildman–Crippen LogP) is 2.76. The maximum atomic E-state index is 12.5. The molecule has 1 fully saturated rings. The number of amides is 1. The van der Waals surface area contributed by atoms with Crippen LogP contribution in [0.4, 0.5) is 0 Å². The van der Waals surface area contributed by atoms with E-state index in [-0.39, 0.29) is 9.23 Å². The van der Waals surface area contributed by atoms with Gasteiger partial charge in [-0.2, -0.15) is 0 Å². The summed E-state index contributed by atoms with van der Waals surface area (Å²) in [6.45, 7) is 1.81. The van der Waals surface area contributed by atoms with Crippen molar-refractivity contribution in [3.8, 4) is 0 Å². The molecule has 0 bridgehead atoms. The van der Waals surface area contributed by atoms with Gasteiger partial charge in [-0.05, 0) is 24.1 Å². The lowest BCUT2D eigenvalue weighted by molar-refractivity contribution is -0.150. The molecule has 1 aromatic carbocycles. The van der Waals surface area contributed by atoms with Gasteiger partial charge in [-0.3, -0.25) is 14.5 Å². The van der Waals surface area contributed by atoms with Crippen molar-refractivity contribution in [2.75, 3.05) is 0 Å². The van der Waals surface area contributed by atoms with E-state index in [1.807, 2.05) is 43.3 Å². The molecule has 0 radical (unpaired) electrons. The monoisotopic (exact) mass is 377 g/mol. The zero-order valence-electron chi connectivity index (χ0n) is 13.2. The number of carboxylic acid groups (broad SMARTS) is 2. The highest BCUT2D eigenvalue weighted by molar-refractivity contribution is 8.26. The standard InChI is InChI=1S/C17H15NO5S2/c1-10(7-11-5-3-2-4-6-11)8-13-15(21)18(17(24)25-13)12(16(22)23)9-14(19)20/h2-8,12H,9H2,1H3,(H,19,20)(H,22,23)/b10-7+,13-8+/t12-/m0/s1. The second-order valence-corrected chi connectivity index (χ2v) is 6.98. The summed E-state index contributed by atoms with van der Waals surface area (Å²) < 4.78 is 0.0393. The number of hydrogen-bond donors (Lipinski definition) is 2. The molecule has 1 amide bonds. The molecule has 0 unspecified atom stereocenters. The number of rotatable bonds is 6. The Kier molecular flexibility index (Phi) is 6.11. The van der Waals surface area contributed by atoms with E-state index >= 15 is 0 Å². The van der Waals surface area contributed by atoms with E-state index < -0.39 is 30.3 Å². The summed E-state index contributed by atoms with van der Waals surface area (Å²) in [6, 6.07) is 7.98. The van der Waals surface area contributed by atoms with Crippen LogP contribution in [0.15, 0.2) is 46.9 Å². The van der Waals surface area contributed by atoms with Gasteiger partial charge in [0.15, 0.2) is 0 Å². The maximum Gasteiger partial charge on any atom is 0.327 e. The molecule has 1 atom stereocenters. The van der Waals surface area contributed by atoms with Crippen LogP contribution in [0.1, 0.15) is 18.9 Å². The topological polar surface area (TPSA) is 94.9 Å². The largest absolute Gasteiger partial charge is 0.481 e. The molecule has 1 aliphatic heterocycles. The predicted molar refractivity (Wildman–Crippen MR) is 98.9 cm³/mol. The lowest BCUT2D eigenvalue weighted by Gasteiger charge is -2.21. The van der Waals surface area contributed by atoms with Crippen LogP contribution in [0.25, 0.3) is 6.08 Å². The number of thioether (sulfide) groups is 1. The molecule has 1 heterocycles. The second-order valence-electron chi connectivity index (χ2n) is 5.30. The Balaban J connectivity index is 2.26. The Morgan fingerprint density at radius 3 is 2.48 bits per heavy atom. The van der Waals surface area contributed by atoms with Crippen LogP contribution in [0.5, 0.6) is 0 Å². The van der Waals surface area contributed by atoms with Crippen molar-refractivity contribution in [1.82, 2.24) is 4.90 Å². The van der Waals surface area contributed by atoms with Gasteiger partial charge >= 0.3 is 11.9 Å². The van der Waals surface area contributed by atoms with Crippen LogP contribution in [0, 0.1) is 0 Å². The van der Waals surface area contributed by atoms with E-state index in [1.54, 1.807) is 6.08 Å². The molecule has 130 valence electrons. The Labute approximate surface area is 153 Å². The third kappa shape index (κ3) is 4.77. The van der Waals surface area contributed by atoms with Gasteiger partial charge in [-0.25, -0.2) is 4.79 Å². The minimum Gasteiger partial charge on any atom is -0.481 e. The Hall–Kier alpha value is -2.45. The Morgan fingerprint density at radius 1 is 1.28 bits per heavy atom. The van der Waals surface area contributed by atoms with Crippen LogP contribution in [0.3, 0.4) is 0 Å². The Morgan fingerprint density at radius 2 is 1.92 bits per heavy atom. The number of carboxylic acids is 2. The molecular weight excluding hydrogens is 362 g/mol. The number of hydrogen-bond acceptors (Lipinski definition) is 5. The highest BCUT2D eigenvalue weighted by Gasteiger charge is 2.41. The third-order valence-electron chi connectivity index (χ3n) is 3.34. The highest BCUT2D eigenvalue weighted by atomic mass is 32.2. The fraction of sp³-hybridized carbons (Fsp3) is 0.176. The lowest BCUT2D eigenvalue weighted by Crippen LogP contribution is -2.45. The Bertz CT molecular complexity index is 785. The maximum absolute atomic E-state index is 12.5. The second kappa shape index (κ2) is 8.09. The fourth-order valence-corrected chi connectivity index (χ4v) is 3.67. The summed E-state index contributed by atoms with van der Waals surface area (Å²) in [6.07, 6.45) is 2.78. The van der Waals surface area contributed by atoms with Gasteiger partial charge in [0, 0.05) is 0 Å². The number of carbonyl (C=O) groups is 3. The van der Waals surface area contributed by atoms with Crippen LogP contribution in [0.2, 0.25) is 0 Å². The van der Waals surface area contributed by atoms with Gasteiger partial charge in [-0.15, -0.1) is 0 Å². The number of nitrogens with zero attached hydrogens (tertiary/aromatic N) is 1. The normalized spacial score (nSPS) is 17.9. The van der Waals surface area contributed by atoms with Crippen molar-refractivity contribution in [3.05, 3.63) is 52.4 Å². The first-order valence-corrected chi connectivity index (χ1v) is 8.47. The zero-order valence-corrected chi connectivity index (χ0v) is 14.8. The summed E-state index contributed by atoms with van der Waals surface area (Å²) >= 11 is 6.04. The quantitative estimate of drug-likeness (QED) is 0.581. The van der Waals surface area contributed by atoms with Crippen LogP contribution in [-0.4, -0.2) is 43.3 Å². The van der Waals surface area contributed by atoms with Crippen molar-refractivity contribution < 1.29 is 24.6 Å². The lowest BCUT2D eigenvalue weighted by atomic mass is 10.1. The molecule has 8 heteroatoms. The summed E-state index contributed by atoms with van der Waals surface area (Å²) in [7, 11) is 0. The van der Waals surface area contributed by atoms with Gasteiger partial charge < -0.3 is 10.2 Å². The van der Waals surface area contributed by atoms with Gasteiger partial charge in [-0.1, -0.05) is 60.4 Å². The molecule has 2 N–H and O–H groups in total. The molecule has 6 nitrogen and oxygen atoms in total. The van der Waals surface area contributed by atoms with E-state index in [9.17, 15) is 19.5 Å². The molecule has 0 saturated carbocycles. The minimum atomic E-state index is -1.52. The number of thiocarbonyl (C=S) groups is 1. The SMILES string of the molecule is CC(=C\c1ccccc1)/C=C1/SC(=S)N([C@@H](CC(=O)O)C(=O)O)C1=O. The van der Waals surface area contributed by atoms with Gasteiger partial charge in [0.25, 0.3) is 5.91 Å². The van der Waals surface area contributed by atoms with Crippen LogP contribution in [-0.2, 0) is 14.4 Å². The fourth-order valence-electron chi connectivity index (χ4n) is 2.26. The molecule has 1 saturated heterocycles. The van der Waals surface area contributed by atoms with Crippen molar-refractivity contribution in [2.45, 2.75) is 19.4 Å². The molecule has 2 rings (SSSR count). The number of carbonyl (C=O) groups excluding carboxylic acids is 1. The molecule has 0 aliphatic carbocycles. The third-order valence-corrected chi connectivity index (χ3v) is 4.67. The van der Waals surface area contributed by atoms with Gasteiger partial charge in [0.2, 0.25) is 0 Å². The first kappa shape index (κ1) is 18.9. The van der Waals surface area contributed by atoms with Crippen molar-refractivity contribution in [1.29, 1.82) is 0 Å². The molecule has 0 aromatic heterocycles. The van der Waals surface area contributed by atoms with Crippen molar-refractivity contribution in [2.24, 2.45) is 0 Å².